The predicted molar refractivity (Wildman–Crippen MR) is 76.5 cm³/mol. The van der Waals surface area contributed by atoms with E-state index in [1.54, 1.807) is 23.5 Å². The van der Waals surface area contributed by atoms with E-state index in [2.05, 4.69) is 4.74 Å². The summed E-state index contributed by atoms with van der Waals surface area (Å²) < 4.78 is 50.8. The van der Waals surface area contributed by atoms with Crippen LogP contribution in [0.25, 0.3) is 11.0 Å². The zero-order valence-electron chi connectivity index (χ0n) is 12.6. The van der Waals surface area contributed by atoms with E-state index >= 15 is 0 Å². The molecule has 2 rings (SSSR count). The van der Waals surface area contributed by atoms with Crippen molar-refractivity contribution in [2.75, 3.05) is 20.3 Å². The van der Waals surface area contributed by atoms with Crippen molar-refractivity contribution in [2.45, 2.75) is 12.6 Å². The van der Waals surface area contributed by atoms with Gasteiger partial charge in [-0.15, -0.1) is 0 Å². The van der Waals surface area contributed by atoms with Gasteiger partial charge >= 0.3 is 12.1 Å². The average molecular weight is 345 g/mol. The van der Waals surface area contributed by atoms with Crippen LogP contribution < -0.4 is 10.1 Å². The van der Waals surface area contributed by atoms with Crippen LogP contribution >= 0.6 is 0 Å². The van der Waals surface area contributed by atoms with Gasteiger partial charge in [0.25, 0.3) is 5.91 Å². The number of fused-ring (bicyclic) bond motifs is 1. The van der Waals surface area contributed by atoms with Crippen molar-refractivity contribution >= 4 is 22.8 Å². The number of hydrogen-bond donors (Lipinski definition) is 1. The highest BCUT2D eigenvalue weighted by Gasteiger charge is 2.27. The Labute approximate surface area is 134 Å². The Kier molecular flexibility index (Phi) is 5.32. The highest BCUT2D eigenvalue weighted by Crippen LogP contribution is 2.26. The highest BCUT2D eigenvalue weighted by molar-refractivity contribution is 5.87. The van der Waals surface area contributed by atoms with Gasteiger partial charge in [-0.1, -0.05) is 0 Å². The zero-order chi connectivity index (χ0) is 17.7. The van der Waals surface area contributed by atoms with Crippen LogP contribution in [0.15, 0.2) is 28.9 Å². The number of methoxy groups -OCH3 is 1. The Balaban J connectivity index is 1.87. The Morgan fingerprint density at radius 2 is 2.04 bits per heavy atom. The second-order valence-electron chi connectivity index (χ2n) is 4.85. The molecule has 1 amide bonds. The summed E-state index contributed by atoms with van der Waals surface area (Å²) in [6.07, 6.45) is -3.32. The fourth-order valence-electron chi connectivity index (χ4n) is 1.93. The van der Waals surface area contributed by atoms with Crippen molar-refractivity contribution in [3.05, 3.63) is 30.0 Å². The van der Waals surface area contributed by atoms with Crippen LogP contribution in [0.4, 0.5) is 13.2 Å². The van der Waals surface area contributed by atoms with Crippen LogP contribution in [0.5, 0.6) is 5.75 Å². The topological polar surface area (TPSA) is 77.8 Å². The third-order valence-corrected chi connectivity index (χ3v) is 3.05. The predicted octanol–water partition coefficient (Wildman–Crippen LogP) is 2.21. The van der Waals surface area contributed by atoms with E-state index in [9.17, 15) is 22.8 Å². The summed E-state index contributed by atoms with van der Waals surface area (Å²) in [6, 6.07) is 5.04. The van der Waals surface area contributed by atoms with Crippen LogP contribution in [0.1, 0.15) is 5.56 Å². The average Bonchev–Trinajstić information content (AvgIpc) is 2.92. The van der Waals surface area contributed by atoms with Crippen LogP contribution in [0, 0.1) is 0 Å². The molecular weight excluding hydrogens is 331 g/mol. The van der Waals surface area contributed by atoms with Crippen LogP contribution in [0.2, 0.25) is 0 Å². The first-order valence-electron chi connectivity index (χ1n) is 6.81. The molecule has 6 nitrogen and oxygen atoms in total. The molecule has 0 aliphatic rings. The maximum Gasteiger partial charge on any atom is 0.405 e. The van der Waals surface area contributed by atoms with E-state index in [1.807, 2.05) is 0 Å². The number of rotatable bonds is 6. The smallest absolute Gasteiger partial charge is 0.405 e. The molecule has 0 aliphatic heterocycles. The Hall–Kier alpha value is -2.71. The third-order valence-electron chi connectivity index (χ3n) is 3.05. The molecule has 0 saturated carbocycles. The second-order valence-corrected chi connectivity index (χ2v) is 4.85. The summed E-state index contributed by atoms with van der Waals surface area (Å²) >= 11 is 0. The van der Waals surface area contributed by atoms with Crippen molar-refractivity contribution in [3.8, 4) is 5.75 Å². The molecule has 0 saturated heterocycles. The molecule has 1 aromatic carbocycles. The summed E-state index contributed by atoms with van der Waals surface area (Å²) in [5.41, 5.74) is 1.05. The van der Waals surface area contributed by atoms with Gasteiger partial charge in [0.1, 0.15) is 17.9 Å². The molecule has 0 fully saturated rings. The van der Waals surface area contributed by atoms with Crippen LogP contribution in [-0.2, 0) is 20.7 Å². The quantitative estimate of drug-likeness (QED) is 0.812. The number of esters is 1. The van der Waals surface area contributed by atoms with E-state index in [4.69, 9.17) is 9.15 Å². The van der Waals surface area contributed by atoms with E-state index in [1.165, 1.54) is 13.4 Å². The first kappa shape index (κ1) is 17.6. The fourth-order valence-corrected chi connectivity index (χ4v) is 1.93. The highest BCUT2D eigenvalue weighted by atomic mass is 19.4. The van der Waals surface area contributed by atoms with Gasteiger partial charge < -0.3 is 19.2 Å². The van der Waals surface area contributed by atoms with Gasteiger partial charge in [-0.05, 0) is 12.1 Å². The number of hydrogen-bond acceptors (Lipinski definition) is 5. The number of nitrogens with one attached hydrogen (secondary N) is 1. The minimum absolute atomic E-state index is 0.175. The molecule has 0 unspecified atom stereocenters. The molecule has 0 radical (unpaired) electrons. The maximum absolute atomic E-state index is 11.9. The number of alkyl halides is 3. The molecule has 0 atom stereocenters. The van der Waals surface area contributed by atoms with Crippen molar-refractivity contribution < 1.29 is 36.7 Å². The summed E-state index contributed by atoms with van der Waals surface area (Å²) in [5, 5.41) is 2.28. The first-order chi connectivity index (χ1) is 11.3. The molecule has 1 N–H and O–H groups in total. The van der Waals surface area contributed by atoms with Crippen molar-refractivity contribution in [3.63, 3.8) is 0 Å². The molecule has 130 valence electrons. The second kappa shape index (κ2) is 7.24. The van der Waals surface area contributed by atoms with Crippen molar-refractivity contribution in [2.24, 2.45) is 0 Å². The molecule has 2 aromatic rings. The van der Waals surface area contributed by atoms with Gasteiger partial charge in [-0.3, -0.25) is 9.59 Å². The number of carbonyl (C=O) groups excluding carboxylic acids is 2. The lowest BCUT2D eigenvalue weighted by Gasteiger charge is -2.08. The summed E-state index contributed by atoms with van der Waals surface area (Å²) in [4.78, 5) is 22.9. The molecule has 0 bridgehead atoms. The SMILES string of the molecule is COc1ccc2c(CC(=O)OCC(=O)NCC(F)(F)F)coc2c1. The van der Waals surface area contributed by atoms with Crippen molar-refractivity contribution in [1.82, 2.24) is 5.32 Å². The number of furan rings is 1. The molecule has 9 heteroatoms. The first-order valence-corrected chi connectivity index (χ1v) is 6.81. The standard InChI is InChI=1S/C15H14F3NO5/c1-22-10-2-3-11-9(6-23-12(11)5-10)4-14(21)24-7-13(20)19-8-15(16,17)18/h2-3,5-6H,4,7-8H2,1H3,(H,19,20). The van der Waals surface area contributed by atoms with Gasteiger partial charge in [0, 0.05) is 17.0 Å². The normalized spacial score (nSPS) is 11.3. The summed E-state index contributed by atoms with van der Waals surface area (Å²) in [7, 11) is 1.51. The maximum atomic E-state index is 11.9. The minimum atomic E-state index is -4.52. The van der Waals surface area contributed by atoms with E-state index < -0.39 is 31.2 Å². The Bertz CT molecular complexity index is 738. The molecule has 0 spiro atoms. The Morgan fingerprint density at radius 1 is 1.29 bits per heavy atom. The van der Waals surface area contributed by atoms with Crippen molar-refractivity contribution in [1.29, 1.82) is 0 Å². The molecule has 0 aliphatic carbocycles. The summed E-state index contributed by atoms with van der Waals surface area (Å²) in [6.45, 7) is -2.25. The minimum Gasteiger partial charge on any atom is -0.497 e. The number of amides is 1. The van der Waals surface area contributed by atoms with E-state index in [0.717, 1.165) is 0 Å². The van der Waals surface area contributed by atoms with Gasteiger partial charge in [0.15, 0.2) is 6.61 Å². The number of ether oxygens (including phenoxy) is 2. The summed E-state index contributed by atoms with van der Waals surface area (Å²) in [5.74, 6) is -1.19. The van der Waals surface area contributed by atoms with Gasteiger partial charge in [0.05, 0.1) is 19.8 Å². The fraction of sp³-hybridized carbons (Fsp3) is 0.333. The lowest BCUT2D eigenvalue weighted by Crippen LogP contribution is -2.36. The molecular formula is C15H14F3NO5. The molecule has 24 heavy (non-hydrogen) atoms. The lowest BCUT2D eigenvalue weighted by atomic mass is 10.1. The van der Waals surface area contributed by atoms with Crippen LogP contribution in [0.3, 0.4) is 0 Å². The van der Waals surface area contributed by atoms with E-state index in [0.29, 0.717) is 22.3 Å². The third kappa shape index (κ3) is 4.90. The van der Waals surface area contributed by atoms with Gasteiger partial charge in [-0.25, -0.2) is 0 Å². The van der Waals surface area contributed by atoms with E-state index in [-0.39, 0.29) is 6.42 Å². The van der Waals surface area contributed by atoms with Gasteiger partial charge in [-0.2, -0.15) is 13.2 Å². The van der Waals surface area contributed by atoms with Crippen LogP contribution in [-0.4, -0.2) is 38.3 Å². The van der Waals surface area contributed by atoms with Gasteiger partial charge in [0.2, 0.25) is 0 Å². The number of halogens is 3. The zero-order valence-corrected chi connectivity index (χ0v) is 12.6. The molecule has 1 aromatic heterocycles. The largest absolute Gasteiger partial charge is 0.497 e. The number of carbonyl (C=O) groups is 2. The lowest BCUT2D eigenvalue weighted by molar-refractivity contribution is -0.150. The number of benzene rings is 1. The monoisotopic (exact) mass is 345 g/mol. The Morgan fingerprint density at radius 3 is 2.71 bits per heavy atom. The molecule has 1 heterocycles.